The number of aliphatic carboxylic acids is 1. The number of aromatic nitrogens is 2. The van der Waals surface area contributed by atoms with Gasteiger partial charge in [0.05, 0.1) is 0 Å². The maximum atomic E-state index is 14.2. The van der Waals surface area contributed by atoms with E-state index in [1.807, 2.05) is 24.5 Å². The van der Waals surface area contributed by atoms with Crippen LogP contribution in [0.2, 0.25) is 0 Å². The highest BCUT2D eigenvalue weighted by molar-refractivity contribution is 5.74. The third kappa shape index (κ3) is 5.71. The van der Waals surface area contributed by atoms with E-state index >= 15 is 0 Å². The van der Waals surface area contributed by atoms with Crippen LogP contribution in [0.3, 0.4) is 0 Å². The van der Waals surface area contributed by atoms with Gasteiger partial charge in [0, 0.05) is 63.6 Å². The molecule has 0 bridgehead atoms. The van der Waals surface area contributed by atoms with Gasteiger partial charge < -0.3 is 14.9 Å². The number of piperidine rings is 1. The zero-order valence-corrected chi connectivity index (χ0v) is 22.2. The summed E-state index contributed by atoms with van der Waals surface area (Å²) in [6, 6.07) is 8.86. The minimum absolute atomic E-state index is 0.148. The van der Waals surface area contributed by atoms with Crippen LogP contribution in [0.15, 0.2) is 42.7 Å². The number of rotatable bonds is 10. The van der Waals surface area contributed by atoms with Crippen LogP contribution in [0.25, 0.3) is 0 Å². The minimum atomic E-state index is -0.701. The number of anilines is 1. The summed E-state index contributed by atoms with van der Waals surface area (Å²) in [4.78, 5) is 28.6. The zero-order chi connectivity index (χ0) is 26.1. The van der Waals surface area contributed by atoms with E-state index in [9.17, 15) is 14.3 Å². The fourth-order valence-electron chi connectivity index (χ4n) is 7.00. The summed E-state index contributed by atoms with van der Waals surface area (Å²) < 4.78 is 14.2. The molecule has 7 nitrogen and oxygen atoms in total. The van der Waals surface area contributed by atoms with Gasteiger partial charge in [-0.05, 0) is 80.0 Å². The predicted molar refractivity (Wildman–Crippen MR) is 145 cm³/mol. The van der Waals surface area contributed by atoms with E-state index in [1.165, 1.54) is 18.9 Å². The molecule has 0 amide bonds. The lowest BCUT2D eigenvalue weighted by atomic mass is 9.79. The number of nitrogens with zero attached hydrogens (tertiary/aromatic N) is 5. The van der Waals surface area contributed by atoms with E-state index in [4.69, 9.17) is 0 Å². The number of carboxylic acid groups (broad SMARTS) is 1. The Morgan fingerprint density at radius 1 is 1.05 bits per heavy atom. The summed E-state index contributed by atoms with van der Waals surface area (Å²) in [6.07, 6.45) is 11.6. The smallest absolute Gasteiger partial charge is 0.321 e. The quantitative estimate of drug-likeness (QED) is 0.501. The average Bonchev–Trinajstić information content (AvgIpc) is 3.63. The Balaban J connectivity index is 1.13. The highest BCUT2D eigenvalue weighted by Crippen LogP contribution is 2.40. The van der Waals surface area contributed by atoms with Crippen LogP contribution in [0.4, 0.5) is 10.3 Å². The van der Waals surface area contributed by atoms with E-state index in [-0.39, 0.29) is 23.6 Å². The first kappa shape index (κ1) is 25.7. The fraction of sp³-hybridized carbons (Fsp3) is 0.633. The number of halogens is 1. The molecule has 8 heteroatoms. The zero-order valence-electron chi connectivity index (χ0n) is 22.2. The Labute approximate surface area is 225 Å². The predicted octanol–water partition coefficient (Wildman–Crippen LogP) is 4.27. The van der Waals surface area contributed by atoms with Gasteiger partial charge in [0.1, 0.15) is 11.9 Å². The number of carbonyl (C=O) groups is 1. The van der Waals surface area contributed by atoms with Crippen molar-refractivity contribution in [1.29, 1.82) is 0 Å². The van der Waals surface area contributed by atoms with Crippen LogP contribution < -0.4 is 4.90 Å². The second-order valence-corrected chi connectivity index (χ2v) is 12.0. The Bertz CT molecular complexity index is 1090. The summed E-state index contributed by atoms with van der Waals surface area (Å²) in [6.45, 7) is 5.45. The molecular formula is C30H40FN5O2. The van der Waals surface area contributed by atoms with Gasteiger partial charge in [-0.1, -0.05) is 18.6 Å². The Morgan fingerprint density at radius 2 is 1.82 bits per heavy atom. The van der Waals surface area contributed by atoms with Crippen molar-refractivity contribution >= 4 is 11.9 Å². The van der Waals surface area contributed by atoms with E-state index in [0.717, 1.165) is 82.3 Å². The molecule has 0 unspecified atom stereocenters. The highest BCUT2D eigenvalue weighted by atomic mass is 19.1. The van der Waals surface area contributed by atoms with Crippen molar-refractivity contribution in [2.45, 2.75) is 62.9 Å². The third-order valence-corrected chi connectivity index (χ3v) is 9.44. The first-order chi connectivity index (χ1) is 18.5. The van der Waals surface area contributed by atoms with Crippen molar-refractivity contribution in [1.82, 2.24) is 19.8 Å². The monoisotopic (exact) mass is 521 g/mol. The van der Waals surface area contributed by atoms with Gasteiger partial charge in [-0.25, -0.2) is 14.4 Å². The van der Waals surface area contributed by atoms with Gasteiger partial charge in [0.15, 0.2) is 0 Å². The van der Waals surface area contributed by atoms with Gasteiger partial charge in [-0.3, -0.25) is 9.69 Å². The molecule has 6 rings (SSSR count). The van der Waals surface area contributed by atoms with E-state index in [0.29, 0.717) is 12.6 Å². The Morgan fingerprint density at radius 3 is 2.45 bits per heavy atom. The van der Waals surface area contributed by atoms with E-state index in [1.54, 1.807) is 12.1 Å². The van der Waals surface area contributed by atoms with Gasteiger partial charge in [0.2, 0.25) is 5.95 Å². The maximum Gasteiger partial charge on any atom is 0.321 e. The minimum Gasteiger partial charge on any atom is -0.480 e. The standard InChI is InChI=1S/C30H40FN5O2/c31-25-7-2-6-23(16-25)27-20-35(28(29(37)38)22-4-1-5-22)19-24(27)18-34-14-10-26(11-15-34)36(17-21-8-9-21)30-32-12-3-13-33-30/h2-3,6-7,12-13,16,21-22,24,26-28H,1,4-5,8-11,14-15,17-20H2,(H,37,38)/t24-,27+,28+/m0/s1. The molecule has 3 atom stereocenters. The number of carboxylic acids is 1. The normalized spacial score (nSPS) is 26.2. The molecule has 1 N–H and O–H groups in total. The molecule has 2 saturated heterocycles. The average molecular weight is 522 g/mol. The molecule has 0 spiro atoms. The lowest BCUT2D eigenvalue weighted by molar-refractivity contribution is -0.146. The summed E-state index contributed by atoms with van der Waals surface area (Å²) in [7, 11) is 0. The molecule has 1 aromatic heterocycles. The topological polar surface area (TPSA) is 72.8 Å². The molecule has 4 aliphatic rings. The number of benzene rings is 1. The van der Waals surface area contributed by atoms with Crippen LogP contribution in [-0.2, 0) is 4.79 Å². The van der Waals surface area contributed by atoms with E-state index in [2.05, 4.69) is 24.7 Å². The summed E-state index contributed by atoms with van der Waals surface area (Å²) >= 11 is 0. The molecule has 0 radical (unpaired) electrons. The Kier molecular flexibility index (Phi) is 7.61. The van der Waals surface area contributed by atoms with Gasteiger partial charge >= 0.3 is 5.97 Å². The molecule has 2 aliphatic heterocycles. The van der Waals surface area contributed by atoms with Crippen LogP contribution in [0.1, 0.15) is 56.4 Å². The molecule has 2 saturated carbocycles. The largest absolute Gasteiger partial charge is 0.480 e. The van der Waals surface area contributed by atoms with Crippen molar-refractivity contribution in [2.24, 2.45) is 17.8 Å². The fourth-order valence-corrected chi connectivity index (χ4v) is 7.00. The second-order valence-electron chi connectivity index (χ2n) is 12.0. The van der Waals surface area contributed by atoms with Crippen LogP contribution in [0, 0.1) is 23.6 Å². The number of hydrogen-bond donors (Lipinski definition) is 1. The van der Waals surface area contributed by atoms with E-state index < -0.39 is 12.0 Å². The van der Waals surface area contributed by atoms with Crippen LogP contribution in [0.5, 0.6) is 0 Å². The van der Waals surface area contributed by atoms with Crippen molar-refractivity contribution in [3.63, 3.8) is 0 Å². The molecule has 2 aliphatic carbocycles. The van der Waals surface area contributed by atoms with Gasteiger partial charge in [0.25, 0.3) is 0 Å². The lowest BCUT2D eigenvalue weighted by Crippen LogP contribution is -2.49. The molecule has 38 heavy (non-hydrogen) atoms. The highest BCUT2D eigenvalue weighted by Gasteiger charge is 2.44. The molecule has 204 valence electrons. The van der Waals surface area contributed by atoms with Crippen LogP contribution >= 0.6 is 0 Å². The first-order valence-corrected chi connectivity index (χ1v) is 14.5. The summed E-state index contributed by atoms with van der Waals surface area (Å²) in [5, 5.41) is 10.1. The van der Waals surface area contributed by atoms with Crippen molar-refractivity contribution in [2.75, 3.05) is 44.2 Å². The third-order valence-electron chi connectivity index (χ3n) is 9.44. The summed E-state index contributed by atoms with van der Waals surface area (Å²) in [5.74, 6) is 1.39. The molecule has 1 aromatic carbocycles. The molecular weight excluding hydrogens is 481 g/mol. The first-order valence-electron chi connectivity index (χ1n) is 14.5. The van der Waals surface area contributed by atoms with Crippen molar-refractivity contribution in [3.8, 4) is 0 Å². The number of hydrogen-bond acceptors (Lipinski definition) is 6. The Hall–Kier alpha value is -2.58. The SMILES string of the molecule is O=C(O)[C@@H](C1CCC1)N1C[C@H](CN2CCC(N(CC3CC3)c3ncccn3)CC2)[C@@H](c2cccc(F)c2)C1. The maximum absolute atomic E-state index is 14.2. The summed E-state index contributed by atoms with van der Waals surface area (Å²) in [5.41, 5.74) is 1.00. The molecule has 4 fully saturated rings. The number of likely N-dealkylation sites (tertiary alicyclic amines) is 2. The van der Waals surface area contributed by atoms with Crippen molar-refractivity contribution in [3.05, 3.63) is 54.1 Å². The lowest BCUT2D eigenvalue weighted by Gasteiger charge is -2.40. The van der Waals surface area contributed by atoms with Crippen molar-refractivity contribution < 1.29 is 14.3 Å². The molecule has 3 heterocycles. The molecule has 2 aromatic rings. The van der Waals surface area contributed by atoms with Crippen LogP contribution in [-0.4, -0.2) is 82.2 Å². The van der Waals surface area contributed by atoms with Gasteiger partial charge in [-0.15, -0.1) is 0 Å². The second kappa shape index (κ2) is 11.3. The van der Waals surface area contributed by atoms with Gasteiger partial charge in [-0.2, -0.15) is 0 Å².